The third kappa shape index (κ3) is 3.77. The number of thiocarbonyl (C=S) groups is 1. The van der Waals surface area contributed by atoms with Gasteiger partial charge in [0.05, 0.1) is 4.91 Å². The number of hydrogen-bond acceptors (Lipinski definition) is 6. The van der Waals surface area contributed by atoms with E-state index < -0.39 is 0 Å². The highest BCUT2D eigenvalue weighted by Crippen LogP contribution is 2.34. The molecular weight excluding hydrogens is 430 g/mol. The fraction of sp³-hybridized carbons (Fsp3) is 0.217. The molecule has 6 nitrogen and oxygen atoms in total. The van der Waals surface area contributed by atoms with Crippen molar-refractivity contribution in [2.24, 2.45) is 0 Å². The maximum Gasteiger partial charge on any atom is 0.269 e. The van der Waals surface area contributed by atoms with Crippen molar-refractivity contribution < 1.29 is 9.53 Å². The summed E-state index contributed by atoms with van der Waals surface area (Å²) in [4.78, 5) is 32.7. The number of carbonyl (C=O) groups excluding carboxylic acids is 1. The van der Waals surface area contributed by atoms with Gasteiger partial charge in [-0.3, -0.25) is 18.9 Å². The summed E-state index contributed by atoms with van der Waals surface area (Å²) in [5.74, 6) is 0.555. The number of rotatable bonds is 4. The van der Waals surface area contributed by atoms with E-state index in [1.165, 1.54) is 21.1 Å². The van der Waals surface area contributed by atoms with Crippen molar-refractivity contribution in [3.63, 3.8) is 0 Å². The fourth-order valence-corrected chi connectivity index (χ4v) is 4.70. The average Bonchev–Trinajstić information content (AvgIpc) is 3.01. The molecule has 0 radical (unpaired) electrons. The molecule has 1 aliphatic heterocycles. The number of nitrogens with zero attached hydrogens (tertiary/aromatic N) is 3. The third-order valence-corrected chi connectivity index (χ3v) is 6.65. The van der Waals surface area contributed by atoms with Gasteiger partial charge in [-0.15, -0.1) is 0 Å². The Labute approximate surface area is 189 Å². The van der Waals surface area contributed by atoms with Crippen LogP contribution in [0, 0.1) is 20.8 Å². The van der Waals surface area contributed by atoms with Crippen LogP contribution in [0.15, 0.2) is 46.2 Å². The van der Waals surface area contributed by atoms with E-state index in [1.807, 2.05) is 52.0 Å². The van der Waals surface area contributed by atoms with Crippen LogP contribution in [0.25, 0.3) is 11.7 Å². The number of hydrogen-bond donors (Lipinski definition) is 0. The number of aromatic nitrogens is 2. The van der Waals surface area contributed by atoms with E-state index in [0.717, 1.165) is 16.7 Å². The Morgan fingerprint density at radius 1 is 1.13 bits per heavy atom. The van der Waals surface area contributed by atoms with E-state index in [9.17, 15) is 9.59 Å². The summed E-state index contributed by atoms with van der Waals surface area (Å²) in [6.45, 7) is 8.16. The van der Waals surface area contributed by atoms with Gasteiger partial charge in [0.25, 0.3) is 11.5 Å². The normalized spacial score (nSPS) is 15.4. The quantitative estimate of drug-likeness (QED) is 0.426. The molecule has 1 saturated heterocycles. The number of amides is 1. The van der Waals surface area contributed by atoms with Gasteiger partial charge in [-0.1, -0.05) is 42.2 Å². The lowest BCUT2D eigenvalue weighted by atomic mass is 10.1. The van der Waals surface area contributed by atoms with Gasteiger partial charge in [0.2, 0.25) is 5.88 Å². The van der Waals surface area contributed by atoms with Gasteiger partial charge < -0.3 is 4.74 Å². The topological polar surface area (TPSA) is 63.9 Å². The molecule has 4 rings (SSSR count). The van der Waals surface area contributed by atoms with E-state index in [-0.39, 0.29) is 22.9 Å². The van der Waals surface area contributed by atoms with E-state index in [2.05, 4.69) is 4.98 Å². The largest absolute Gasteiger partial charge is 0.438 e. The lowest BCUT2D eigenvalue weighted by Gasteiger charge is -2.14. The number of carbonyl (C=O) groups is 1. The summed E-state index contributed by atoms with van der Waals surface area (Å²) < 4.78 is 8.10. The maximum absolute atomic E-state index is 13.4. The van der Waals surface area contributed by atoms with Crippen molar-refractivity contribution in [1.29, 1.82) is 0 Å². The standard InChI is InChI=1S/C23H21N3O3S2/c1-5-25-22(28)18(31-23(25)30)12-16-20(29-17-10-6-8-13(2)15(17)4)24-19-14(3)9-7-11-26(19)21(16)27/h6-12H,5H2,1-4H3/b18-12+. The minimum atomic E-state index is -0.309. The van der Waals surface area contributed by atoms with E-state index in [4.69, 9.17) is 17.0 Å². The van der Waals surface area contributed by atoms with Gasteiger partial charge in [-0.05, 0) is 62.6 Å². The number of pyridine rings is 1. The van der Waals surface area contributed by atoms with Crippen LogP contribution >= 0.6 is 24.0 Å². The minimum Gasteiger partial charge on any atom is -0.438 e. The van der Waals surface area contributed by atoms with Crippen molar-refractivity contribution in [3.8, 4) is 11.6 Å². The minimum absolute atomic E-state index is 0.162. The predicted molar refractivity (Wildman–Crippen MR) is 128 cm³/mol. The second-order valence-corrected chi connectivity index (χ2v) is 8.92. The lowest BCUT2D eigenvalue weighted by molar-refractivity contribution is -0.121. The van der Waals surface area contributed by atoms with Crippen LogP contribution in [0.2, 0.25) is 0 Å². The Morgan fingerprint density at radius 3 is 2.58 bits per heavy atom. The van der Waals surface area contributed by atoms with Crippen LogP contribution in [-0.4, -0.2) is 31.1 Å². The fourth-order valence-electron chi connectivity index (χ4n) is 3.34. The number of aryl methyl sites for hydroxylation is 2. The Balaban J connectivity index is 1.94. The second-order valence-electron chi connectivity index (χ2n) is 7.25. The first-order chi connectivity index (χ1) is 14.8. The number of thioether (sulfide) groups is 1. The van der Waals surface area contributed by atoms with Crippen LogP contribution in [0.3, 0.4) is 0 Å². The molecule has 1 aromatic carbocycles. The van der Waals surface area contributed by atoms with E-state index >= 15 is 0 Å². The molecule has 0 bridgehead atoms. The summed E-state index contributed by atoms with van der Waals surface area (Å²) in [6.07, 6.45) is 3.20. The van der Waals surface area contributed by atoms with Gasteiger partial charge in [-0.2, -0.15) is 4.98 Å². The first kappa shape index (κ1) is 21.3. The first-order valence-electron chi connectivity index (χ1n) is 9.83. The first-order valence-corrected chi connectivity index (χ1v) is 11.1. The molecule has 0 N–H and O–H groups in total. The molecule has 0 aliphatic carbocycles. The SMILES string of the molecule is CCN1C(=O)/C(=C\c2c(Oc3cccc(C)c3C)nc3c(C)cccn3c2=O)SC1=S. The molecule has 0 atom stereocenters. The summed E-state index contributed by atoms with van der Waals surface area (Å²) in [6, 6.07) is 9.39. The van der Waals surface area contributed by atoms with Gasteiger partial charge in [0.1, 0.15) is 21.3 Å². The predicted octanol–water partition coefficient (Wildman–Crippen LogP) is 4.63. The molecule has 2 aromatic heterocycles. The number of benzene rings is 1. The summed E-state index contributed by atoms with van der Waals surface area (Å²) in [5.41, 5.74) is 3.27. The number of ether oxygens (including phenoxy) is 1. The van der Waals surface area contributed by atoms with E-state index in [1.54, 1.807) is 18.3 Å². The zero-order valence-corrected chi connectivity index (χ0v) is 19.3. The molecule has 1 fully saturated rings. The molecule has 3 aromatic rings. The molecule has 31 heavy (non-hydrogen) atoms. The highest BCUT2D eigenvalue weighted by atomic mass is 32.2. The summed E-state index contributed by atoms with van der Waals surface area (Å²) >= 11 is 6.48. The molecule has 1 amide bonds. The van der Waals surface area contributed by atoms with Crippen LogP contribution < -0.4 is 10.3 Å². The van der Waals surface area contributed by atoms with Gasteiger partial charge in [0.15, 0.2) is 0 Å². The molecule has 1 aliphatic rings. The molecule has 3 heterocycles. The zero-order chi connectivity index (χ0) is 22.3. The highest BCUT2D eigenvalue weighted by Gasteiger charge is 2.31. The number of likely N-dealkylation sites (N-methyl/N-ethyl adjacent to an activating group) is 1. The summed E-state index contributed by atoms with van der Waals surface area (Å²) in [7, 11) is 0. The van der Waals surface area contributed by atoms with Crippen molar-refractivity contribution >= 4 is 45.9 Å². The molecule has 0 unspecified atom stereocenters. The van der Waals surface area contributed by atoms with Crippen LogP contribution in [0.4, 0.5) is 0 Å². The summed E-state index contributed by atoms with van der Waals surface area (Å²) in [5, 5.41) is 0. The van der Waals surface area contributed by atoms with E-state index in [0.29, 0.717) is 27.2 Å². The molecule has 8 heteroatoms. The molecule has 158 valence electrons. The Hall–Kier alpha value is -2.97. The average molecular weight is 452 g/mol. The third-order valence-electron chi connectivity index (χ3n) is 5.28. The highest BCUT2D eigenvalue weighted by molar-refractivity contribution is 8.26. The van der Waals surface area contributed by atoms with Crippen molar-refractivity contribution in [2.75, 3.05) is 6.54 Å². The Morgan fingerprint density at radius 2 is 1.87 bits per heavy atom. The van der Waals surface area contributed by atoms with Gasteiger partial charge in [0, 0.05) is 12.7 Å². The smallest absolute Gasteiger partial charge is 0.269 e. The molecule has 0 saturated carbocycles. The van der Waals surface area contributed by atoms with Crippen LogP contribution in [-0.2, 0) is 4.79 Å². The number of fused-ring (bicyclic) bond motifs is 1. The van der Waals surface area contributed by atoms with Crippen LogP contribution in [0.5, 0.6) is 11.6 Å². The Bertz CT molecular complexity index is 1330. The van der Waals surface area contributed by atoms with Crippen molar-refractivity contribution in [1.82, 2.24) is 14.3 Å². The van der Waals surface area contributed by atoms with Gasteiger partial charge >= 0.3 is 0 Å². The maximum atomic E-state index is 13.4. The molecular formula is C23H21N3O3S2. The second kappa shape index (κ2) is 8.28. The van der Waals surface area contributed by atoms with Crippen molar-refractivity contribution in [2.45, 2.75) is 27.7 Å². The van der Waals surface area contributed by atoms with Crippen LogP contribution in [0.1, 0.15) is 29.2 Å². The zero-order valence-electron chi connectivity index (χ0n) is 17.6. The Kier molecular flexibility index (Phi) is 5.68. The van der Waals surface area contributed by atoms with Gasteiger partial charge in [-0.25, -0.2) is 0 Å². The van der Waals surface area contributed by atoms with Crippen molar-refractivity contribution in [3.05, 3.63) is 74.0 Å². The lowest BCUT2D eigenvalue weighted by Crippen LogP contribution is -2.27. The monoisotopic (exact) mass is 451 g/mol. The molecule has 0 spiro atoms.